The van der Waals surface area contributed by atoms with Crippen LogP contribution in [0.3, 0.4) is 0 Å². The van der Waals surface area contributed by atoms with Crippen LogP contribution < -0.4 is 4.74 Å². The molecule has 0 aliphatic heterocycles. The molecule has 3 nitrogen and oxygen atoms in total. The van der Waals surface area contributed by atoms with Crippen molar-refractivity contribution in [1.29, 1.82) is 0 Å². The van der Waals surface area contributed by atoms with Gasteiger partial charge in [-0.1, -0.05) is 11.6 Å². The smallest absolute Gasteiger partial charge is 0.237 e. The number of ether oxygens (including phenoxy) is 1. The average molecular weight is 225 g/mol. The van der Waals surface area contributed by atoms with Gasteiger partial charge in [-0.3, -0.25) is 4.98 Å². The van der Waals surface area contributed by atoms with E-state index in [9.17, 15) is 4.39 Å². The second kappa shape index (κ2) is 4.23. The third kappa shape index (κ3) is 2.41. The number of hydrogen-bond donors (Lipinski definition) is 0. The van der Waals surface area contributed by atoms with E-state index < -0.39 is 5.82 Å². The number of nitrogens with zero attached hydrogens (tertiary/aromatic N) is 2. The minimum absolute atomic E-state index is 0.195. The van der Waals surface area contributed by atoms with Gasteiger partial charge in [-0.15, -0.1) is 0 Å². The molecule has 0 atom stereocenters. The zero-order valence-corrected chi connectivity index (χ0v) is 8.28. The molecule has 2 rings (SSSR count). The predicted octanol–water partition coefficient (Wildman–Crippen LogP) is 3.06. The molecule has 0 unspecified atom stereocenters. The summed E-state index contributed by atoms with van der Waals surface area (Å²) in [4.78, 5) is 7.72. The molecule has 1 aromatic carbocycles. The van der Waals surface area contributed by atoms with Crippen molar-refractivity contribution in [3.8, 4) is 11.6 Å². The summed E-state index contributed by atoms with van der Waals surface area (Å²) < 4.78 is 18.0. The molecule has 0 saturated heterocycles. The topological polar surface area (TPSA) is 35.0 Å². The maximum absolute atomic E-state index is 12.7. The Bertz CT molecular complexity index is 464. The molecule has 0 aliphatic rings. The van der Waals surface area contributed by atoms with E-state index >= 15 is 0 Å². The van der Waals surface area contributed by atoms with Gasteiger partial charge in [0.05, 0.1) is 11.2 Å². The molecule has 0 saturated carbocycles. The van der Waals surface area contributed by atoms with Crippen LogP contribution in [0.25, 0.3) is 0 Å². The Morgan fingerprint density at radius 1 is 1.27 bits per heavy atom. The predicted molar refractivity (Wildman–Crippen MR) is 53.5 cm³/mol. The number of aromatic nitrogens is 2. The van der Waals surface area contributed by atoms with E-state index in [0.717, 1.165) is 0 Å². The quantitative estimate of drug-likeness (QED) is 0.786. The highest BCUT2D eigenvalue weighted by molar-refractivity contribution is 6.32. The monoisotopic (exact) mass is 224 g/mol. The van der Waals surface area contributed by atoms with Gasteiger partial charge in [0, 0.05) is 12.4 Å². The summed E-state index contributed by atoms with van der Waals surface area (Å²) in [6, 6.07) is 3.87. The van der Waals surface area contributed by atoms with Crippen LogP contribution >= 0.6 is 11.6 Å². The van der Waals surface area contributed by atoms with Crippen molar-refractivity contribution in [1.82, 2.24) is 9.97 Å². The van der Waals surface area contributed by atoms with Crippen LogP contribution in [0, 0.1) is 5.82 Å². The van der Waals surface area contributed by atoms with Gasteiger partial charge >= 0.3 is 0 Å². The normalized spacial score (nSPS) is 10.0. The minimum atomic E-state index is -0.411. The molecule has 0 bridgehead atoms. The summed E-state index contributed by atoms with van der Waals surface area (Å²) in [5, 5.41) is 0.195. The van der Waals surface area contributed by atoms with Crippen molar-refractivity contribution in [3.05, 3.63) is 47.6 Å². The second-order valence-electron chi connectivity index (χ2n) is 2.72. The Hall–Kier alpha value is -1.68. The third-order valence-corrected chi connectivity index (χ3v) is 1.94. The van der Waals surface area contributed by atoms with Gasteiger partial charge in [-0.25, -0.2) is 9.37 Å². The highest BCUT2D eigenvalue weighted by Crippen LogP contribution is 2.28. The maximum atomic E-state index is 12.7. The zero-order valence-electron chi connectivity index (χ0n) is 7.52. The first-order valence-electron chi connectivity index (χ1n) is 4.14. The van der Waals surface area contributed by atoms with Crippen LogP contribution in [0.5, 0.6) is 11.6 Å². The summed E-state index contributed by atoms with van der Waals surface area (Å²) in [7, 11) is 0. The second-order valence-corrected chi connectivity index (χ2v) is 3.13. The van der Waals surface area contributed by atoms with Crippen LogP contribution in [0.4, 0.5) is 4.39 Å². The molecule has 1 heterocycles. The Labute approximate surface area is 90.5 Å². The van der Waals surface area contributed by atoms with Crippen LogP contribution in [0.15, 0.2) is 36.8 Å². The number of hydrogen-bond acceptors (Lipinski definition) is 3. The van der Waals surface area contributed by atoms with E-state index in [0.29, 0.717) is 11.6 Å². The van der Waals surface area contributed by atoms with Crippen LogP contribution in [-0.2, 0) is 0 Å². The van der Waals surface area contributed by atoms with E-state index in [1.165, 1.54) is 36.8 Å². The highest BCUT2D eigenvalue weighted by Gasteiger charge is 2.04. The third-order valence-electron chi connectivity index (χ3n) is 1.65. The lowest BCUT2D eigenvalue weighted by Crippen LogP contribution is -1.89. The largest absolute Gasteiger partial charge is 0.436 e. The van der Waals surface area contributed by atoms with Crippen LogP contribution in [0.1, 0.15) is 0 Å². The summed E-state index contributed by atoms with van der Waals surface area (Å²) in [6.07, 6.45) is 4.46. The van der Waals surface area contributed by atoms with Gasteiger partial charge in [0.25, 0.3) is 0 Å². The fourth-order valence-corrected chi connectivity index (χ4v) is 1.21. The van der Waals surface area contributed by atoms with Crippen molar-refractivity contribution >= 4 is 11.6 Å². The molecule has 0 amide bonds. The van der Waals surface area contributed by atoms with Crippen molar-refractivity contribution in [2.45, 2.75) is 0 Å². The van der Waals surface area contributed by atoms with Gasteiger partial charge in [-0.2, -0.15) is 0 Å². The maximum Gasteiger partial charge on any atom is 0.237 e. The molecule has 76 valence electrons. The van der Waals surface area contributed by atoms with Crippen molar-refractivity contribution in [2.75, 3.05) is 0 Å². The van der Waals surface area contributed by atoms with Crippen LogP contribution in [-0.4, -0.2) is 9.97 Å². The van der Waals surface area contributed by atoms with Crippen molar-refractivity contribution in [3.63, 3.8) is 0 Å². The van der Waals surface area contributed by atoms with Gasteiger partial charge < -0.3 is 4.74 Å². The Kier molecular flexibility index (Phi) is 2.78. The molecule has 0 N–H and O–H groups in total. The number of benzene rings is 1. The standard InChI is InChI=1S/C10H6ClFN2O/c11-8-5-7(12)1-2-9(8)15-10-6-13-3-4-14-10/h1-6H. The van der Waals surface area contributed by atoms with Crippen molar-refractivity contribution < 1.29 is 9.13 Å². The molecule has 2 aromatic rings. The van der Waals surface area contributed by atoms with Crippen LogP contribution in [0.2, 0.25) is 5.02 Å². The fourth-order valence-electron chi connectivity index (χ4n) is 1.01. The minimum Gasteiger partial charge on any atom is -0.436 e. The summed E-state index contributed by atoms with van der Waals surface area (Å²) in [6.45, 7) is 0. The van der Waals surface area contributed by atoms with Crippen molar-refractivity contribution in [2.24, 2.45) is 0 Å². The first kappa shape index (κ1) is 9.86. The highest BCUT2D eigenvalue weighted by atomic mass is 35.5. The summed E-state index contributed by atoms with van der Waals surface area (Å²) in [5.74, 6) is 0.246. The van der Waals surface area contributed by atoms with E-state index in [-0.39, 0.29) is 5.02 Å². The average Bonchev–Trinajstić information content (AvgIpc) is 2.24. The SMILES string of the molecule is Fc1ccc(Oc2cnccn2)c(Cl)c1. The first-order valence-corrected chi connectivity index (χ1v) is 4.52. The fraction of sp³-hybridized carbons (Fsp3) is 0. The molecular formula is C10H6ClFN2O. The molecule has 0 fully saturated rings. The summed E-state index contributed by atoms with van der Waals surface area (Å²) >= 11 is 5.77. The molecule has 5 heteroatoms. The molecule has 0 aliphatic carbocycles. The number of halogens is 2. The molecule has 15 heavy (non-hydrogen) atoms. The zero-order chi connectivity index (χ0) is 10.7. The van der Waals surface area contributed by atoms with E-state index in [1.807, 2.05) is 0 Å². The lowest BCUT2D eigenvalue weighted by molar-refractivity contribution is 0.459. The first-order chi connectivity index (χ1) is 7.25. The Balaban J connectivity index is 2.25. The summed E-state index contributed by atoms with van der Waals surface area (Å²) in [5.41, 5.74) is 0. The van der Waals surface area contributed by atoms with Gasteiger partial charge in [0.15, 0.2) is 0 Å². The lowest BCUT2D eigenvalue weighted by Gasteiger charge is -2.05. The Morgan fingerprint density at radius 3 is 2.80 bits per heavy atom. The molecule has 0 spiro atoms. The Morgan fingerprint density at radius 2 is 2.13 bits per heavy atom. The van der Waals surface area contributed by atoms with E-state index in [1.54, 1.807) is 0 Å². The van der Waals surface area contributed by atoms with E-state index in [4.69, 9.17) is 16.3 Å². The van der Waals surface area contributed by atoms with Gasteiger partial charge in [0.2, 0.25) is 5.88 Å². The lowest BCUT2D eigenvalue weighted by atomic mass is 10.3. The number of rotatable bonds is 2. The van der Waals surface area contributed by atoms with Gasteiger partial charge in [0.1, 0.15) is 11.6 Å². The molecule has 1 aromatic heterocycles. The molecule has 0 radical (unpaired) electrons. The molecular weight excluding hydrogens is 219 g/mol. The van der Waals surface area contributed by atoms with E-state index in [2.05, 4.69) is 9.97 Å². The van der Waals surface area contributed by atoms with Gasteiger partial charge in [-0.05, 0) is 18.2 Å².